The summed E-state index contributed by atoms with van der Waals surface area (Å²) in [6.45, 7) is 4.44. The number of aryl methyl sites for hydroxylation is 1. The molecule has 0 saturated heterocycles. The zero-order valence-electron chi connectivity index (χ0n) is 16.3. The maximum absolute atomic E-state index is 12.6. The van der Waals surface area contributed by atoms with Crippen molar-refractivity contribution >= 4 is 5.78 Å². The normalized spacial score (nSPS) is 20.1. The van der Waals surface area contributed by atoms with Gasteiger partial charge >= 0.3 is 0 Å². The molecule has 0 bridgehead atoms. The SMILES string of the molecule is CCC[C@H]1CC[C@H](c2ccc(C(=O)Cc3ccc(CC)cc3)cc2)CC1. The Hall–Kier alpha value is -1.89. The van der Waals surface area contributed by atoms with Crippen molar-refractivity contribution in [2.45, 2.75) is 71.1 Å². The van der Waals surface area contributed by atoms with Gasteiger partial charge in [-0.25, -0.2) is 0 Å². The smallest absolute Gasteiger partial charge is 0.167 e. The van der Waals surface area contributed by atoms with Crippen LogP contribution < -0.4 is 0 Å². The number of carbonyl (C=O) groups excluding carboxylic acids is 1. The molecule has 0 aromatic heterocycles. The number of hydrogen-bond donors (Lipinski definition) is 0. The van der Waals surface area contributed by atoms with Crippen LogP contribution in [0.1, 0.15) is 85.3 Å². The quantitative estimate of drug-likeness (QED) is 0.506. The molecule has 0 amide bonds. The van der Waals surface area contributed by atoms with Crippen molar-refractivity contribution in [2.24, 2.45) is 5.92 Å². The first-order valence-corrected chi connectivity index (χ1v) is 10.4. The molecule has 0 unspecified atom stereocenters. The number of ketones is 1. The molecule has 0 heterocycles. The van der Waals surface area contributed by atoms with Gasteiger partial charge in [0.15, 0.2) is 5.78 Å². The van der Waals surface area contributed by atoms with Gasteiger partial charge in [-0.3, -0.25) is 4.79 Å². The van der Waals surface area contributed by atoms with E-state index >= 15 is 0 Å². The zero-order valence-corrected chi connectivity index (χ0v) is 16.3. The zero-order chi connectivity index (χ0) is 18.4. The first-order chi connectivity index (χ1) is 12.7. The van der Waals surface area contributed by atoms with Crippen LogP contribution in [0.2, 0.25) is 0 Å². The van der Waals surface area contributed by atoms with E-state index in [0.717, 1.165) is 23.5 Å². The van der Waals surface area contributed by atoms with Crippen molar-refractivity contribution in [2.75, 3.05) is 0 Å². The van der Waals surface area contributed by atoms with Gasteiger partial charge in [0.25, 0.3) is 0 Å². The van der Waals surface area contributed by atoms with Crippen LogP contribution in [0, 0.1) is 5.92 Å². The minimum absolute atomic E-state index is 0.215. The van der Waals surface area contributed by atoms with Crippen molar-refractivity contribution in [3.8, 4) is 0 Å². The first-order valence-electron chi connectivity index (χ1n) is 10.4. The molecule has 1 nitrogen and oxygen atoms in total. The van der Waals surface area contributed by atoms with Crippen molar-refractivity contribution in [1.29, 1.82) is 0 Å². The Morgan fingerprint density at radius 1 is 0.846 bits per heavy atom. The predicted octanol–water partition coefficient (Wildman–Crippen LogP) is 6.75. The standard InChI is InChI=1S/C25H32O/c1-3-5-20-10-12-22(13-11-20)23-14-16-24(17-15-23)25(26)18-21-8-6-19(4-2)7-9-21/h6-9,14-17,20,22H,3-5,10-13,18H2,1-2H3/t20-,22-. The Bertz CT molecular complexity index is 688. The number of benzene rings is 2. The van der Waals surface area contributed by atoms with Gasteiger partial charge in [0.1, 0.15) is 0 Å². The third-order valence-electron chi connectivity index (χ3n) is 6.04. The lowest BCUT2D eigenvalue weighted by Gasteiger charge is -2.28. The molecule has 0 atom stereocenters. The van der Waals surface area contributed by atoms with Gasteiger partial charge in [-0.2, -0.15) is 0 Å². The van der Waals surface area contributed by atoms with Crippen LogP contribution in [-0.4, -0.2) is 5.78 Å². The molecule has 0 spiro atoms. The van der Waals surface area contributed by atoms with Crippen molar-refractivity contribution in [3.05, 3.63) is 70.8 Å². The van der Waals surface area contributed by atoms with E-state index in [0.29, 0.717) is 12.3 Å². The predicted molar refractivity (Wildman–Crippen MR) is 110 cm³/mol. The largest absolute Gasteiger partial charge is 0.294 e. The first kappa shape index (κ1) is 18.9. The van der Waals surface area contributed by atoms with Gasteiger partial charge in [0, 0.05) is 12.0 Å². The number of rotatable bonds is 7. The molecule has 26 heavy (non-hydrogen) atoms. The number of hydrogen-bond acceptors (Lipinski definition) is 1. The van der Waals surface area contributed by atoms with E-state index in [9.17, 15) is 4.79 Å². The molecule has 2 aromatic carbocycles. The summed E-state index contributed by atoms with van der Waals surface area (Å²) in [5.74, 6) is 1.84. The average Bonchev–Trinajstić information content (AvgIpc) is 2.69. The highest BCUT2D eigenvalue weighted by molar-refractivity contribution is 5.97. The van der Waals surface area contributed by atoms with Crippen molar-refractivity contribution < 1.29 is 4.79 Å². The molecule has 0 aliphatic heterocycles. The van der Waals surface area contributed by atoms with Gasteiger partial charge in [0.05, 0.1) is 0 Å². The monoisotopic (exact) mass is 348 g/mol. The summed E-state index contributed by atoms with van der Waals surface area (Å²) in [6.07, 6.45) is 9.58. The highest BCUT2D eigenvalue weighted by Crippen LogP contribution is 2.37. The van der Waals surface area contributed by atoms with E-state index in [4.69, 9.17) is 0 Å². The van der Waals surface area contributed by atoms with E-state index < -0.39 is 0 Å². The molecule has 2 aromatic rings. The minimum Gasteiger partial charge on any atom is -0.294 e. The maximum atomic E-state index is 12.6. The fourth-order valence-electron chi connectivity index (χ4n) is 4.31. The lowest BCUT2D eigenvalue weighted by Crippen LogP contribution is -2.13. The Kier molecular flexibility index (Phi) is 6.66. The summed E-state index contributed by atoms with van der Waals surface area (Å²) in [5.41, 5.74) is 4.68. The van der Waals surface area contributed by atoms with E-state index in [1.807, 2.05) is 12.1 Å². The summed E-state index contributed by atoms with van der Waals surface area (Å²) in [4.78, 5) is 12.6. The second-order valence-electron chi connectivity index (χ2n) is 7.90. The second-order valence-corrected chi connectivity index (χ2v) is 7.90. The Balaban J connectivity index is 1.57. The van der Waals surface area contributed by atoms with E-state index in [2.05, 4.69) is 50.2 Å². The summed E-state index contributed by atoms with van der Waals surface area (Å²) < 4.78 is 0. The fourth-order valence-corrected chi connectivity index (χ4v) is 4.31. The molecule has 1 aliphatic rings. The average molecular weight is 349 g/mol. The van der Waals surface area contributed by atoms with Crippen LogP contribution in [0.25, 0.3) is 0 Å². The van der Waals surface area contributed by atoms with Crippen LogP contribution in [0.4, 0.5) is 0 Å². The van der Waals surface area contributed by atoms with Gasteiger partial charge in [-0.15, -0.1) is 0 Å². The van der Waals surface area contributed by atoms with Gasteiger partial charge in [-0.05, 0) is 60.6 Å². The van der Waals surface area contributed by atoms with Gasteiger partial charge in [-0.1, -0.05) is 75.2 Å². The lowest BCUT2D eigenvalue weighted by molar-refractivity contribution is 0.0993. The van der Waals surface area contributed by atoms with E-state index in [1.165, 1.54) is 49.7 Å². The molecule has 1 aliphatic carbocycles. The Labute approximate surface area is 158 Å². The van der Waals surface area contributed by atoms with Gasteiger partial charge in [0.2, 0.25) is 0 Å². The molecule has 0 N–H and O–H groups in total. The summed E-state index contributed by atoms with van der Waals surface area (Å²) in [5, 5.41) is 0. The topological polar surface area (TPSA) is 17.1 Å². The molecule has 1 saturated carbocycles. The number of carbonyl (C=O) groups is 1. The van der Waals surface area contributed by atoms with Crippen LogP contribution in [0.5, 0.6) is 0 Å². The summed E-state index contributed by atoms with van der Waals surface area (Å²) >= 11 is 0. The molecule has 0 radical (unpaired) electrons. The molecular weight excluding hydrogens is 316 g/mol. The van der Waals surface area contributed by atoms with Crippen LogP contribution >= 0.6 is 0 Å². The highest BCUT2D eigenvalue weighted by Gasteiger charge is 2.21. The minimum atomic E-state index is 0.215. The van der Waals surface area contributed by atoms with Crippen LogP contribution in [-0.2, 0) is 12.8 Å². The van der Waals surface area contributed by atoms with Crippen molar-refractivity contribution in [1.82, 2.24) is 0 Å². The molecule has 3 rings (SSSR count). The van der Waals surface area contributed by atoms with Crippen molar-refractivity contribution in [3.63, 3.8) is 0 Å². The van der Waals surface area contributed by atoms with E-state index in [-0.39, 0.29) is 5.78 Å². The third-order valence-corrected chi connectivity index (χ3v) is 6.04. The number of Topliss-reactive ketones (excluding diaryl/α,β-unsaturated/α-hetero) is 1. The molecular formula is C25H32O. The van der Waals surface area contributed by atoms with Gasteiger partial charge < -0.3 is 0 Å². The molecule has 1 heteroatoms. The Morgan fingerprint density at radius 3 is 2.04 bits per heavy atom. The third kappa shape index (κ3) is 4.84. The van der Waals surface area contributed by atoms with Crippen LogP contribution in [0.3, 0.4) is 0 Å². The molecule has 138 valence electrons. The van der Waals surface area contributed by atoms with E-state index in [1.54, 1.807) is 0 Å². The highest BCUT2D eigenvalue weighted by atomic mass is 16.1. The lowest BCUT2D eigenvalue weighted by atomic mass is 9.77. The van der Waals surface area contributed by atoms with Crippen LogP contribution in [0.15, 0.2) is 48.5 Å². The second kappa shape index (κ2) is 9.16. The Morgan fingerprint density at radius 2 is 1.46 bits per heavy atom. The maximum Gasteiger partial charge on any atom is 0.167 e. The fraction of sp³-hybridized carbons (Fsp3) is 0.480. The summed E-state index contributed by atoms with van der Waals surface area (Å²) in [7, 11) is 0. The molecule has 1 fully saturated rings. The summed E-state index contributed by atoms with van der Waals surface area (Å²) in [6, 6.07) is 16.9.